The fourth-order valence-corrected chi connectivity index (χ4v) is 3.19. The number of thioether (sulfide) groups is 1. The van der Waals surface area contributed by atoms with Gasteiger partial charge in [0.1, 0.15) is 0 Å². The quantitative estimate of drug-likeness (QED) is 0.823. The molecule has 0 amide bonds. The van der Waals surface area contributed by atoms with Crippen molar-refractivity contribution in [1.29, 1.82) is 0 Å². The maximum atomic E-state index is 8.87. The Labute approximate surface area is 89.5 Å². The first kappa shape index (κ1) is 10.1. The van der Waals surface area contributed by atoms with Gasteiger partial charge < -0.3 is 5.11 Å². The Hall–Kier alpha value is -0.470. The monoisotopic (exact) mass is 208 g/mol. The van der Waals surface area contributed by atoms with E-state index in [0.717, 1.165) is 12.3 Å². The molecule has 1 fully saturated rings. The van der Waals surface area contributed by atoms with Gasteiger partial charge in [0.15, 0.2) is 0 Å². The minimum atomic E-state index is 0.253. The lowest BCUT2D eigenvalue weighted by molar-refractivity contribution is 0.299. The molecular weight excluding hydrogens is 192 g/mol. The summed E-state index contributed by atoms with van der Waals surface area (Å²) in [4.78, 5) is 0. The summed E-state index contributed by atoms with van der Waals surface area (Å²) in [7, 11) is 0. The third kappa shape index (κ3) is 2.31. The lowest BCUT2D eigenvalue weighted by Crippen LogP contribution is -1.98. The molecule has 1 saturated heterocycles. The zero-order valence-electron chi connectivity index (χ0n) is 8.28. The first-order valence-corrected chi connectivity index (χ1v) is 6.33. The van der Waals surface area contributed by atoms with Gasteiger partial charge in [-0.1, -0.05) is 24.3 Å². The minimum absolute atomic E-state index is 0.253. The zero-order chi connectivity index (χ0) is 9.80. The van der Waals surface area contributed by atoms with Crippen LogP contribution in [0.5, 0.6) is 0 Å². The fraction of sp³-hybridized carbons (Fsp3) is 0.500. The summed E-state index contributed by atoms with van der Waals surface area (Å²) in [6, 6.07) is 8.69. The van der Waals surface area contributed by atoms with Crippen molar-refractivity contribution in [3.63, 3.8) is 0 Å². The molecule has 0 spiro atoms. The molecule has 0 radical (unpaired) electrons. The van der Waals surface area contributed by atoms with Gasteiger partial charge in [0.05, 0.1) is 0 Å². The molecule has 0 aromatic heterocycles. The SMILES string of the molecule is OCCc1cccc(C2CCSC2)c1. The average molecular weight is 208 g/mol. The molecular formula is C12H16OS. The summed E-state index contributed by atoms with van der Waals surface area (Å²) >= 11 is 2.05. The molecule has 0 aliphatic carbocycles. The Morgan fingerprint density at radius 3 is 3.07 bits per heavy atom. The molecule has 1 aromatic carbocycles. The van der Waals surface area contributed by atoms with E-state index >= 15 is 0 Å². The van der Waals surface area contributed by atoms with E-state index < -0.39 is 0 Å². The Kier molecular flexibility index (Phi) is 3.49. The molecule has 0 saturated carbocycles. The van der Waals surface area contributed by atoms with Gasteiger partial charge in [0.2, 0.25) is 0 Å². The smallest absolute Gasteiger partial charge is 0.0471 e. The van der Waals surface area contributed by atoms with Crippen molar-refractivity contribution in [2.24, 2.45) is 0 Å². The van der Waals surface area contributed by atoms with Gasteiger partial charge in [-0.2, -0.15) is 11.8 Å². The second kappa shape index (κ2) is 4.85. The second-order valence-electron chi connectivity index (χ2n) is 3.78. The number of rotatable bonds is 3. The van der Waals surface area contributed by atoms with Crippen molar-refractivity contribution in [2.75, 3.05) is 18.1 Å². The van der Waals surface area contributed by atoms with Crippen LogP contribution < -0.4 is 0 Å². The molecule has 2 heteroatoms. The standard InChI is InChI=1S/C12H16OS/c13-6-4-10-2-1-3-11(8-10)12-5-7-14-9-12/h1-3,8,12-13H,4-7,9H2. The summed E-state index contributed by atoms with van der Waals surface area (Å²) in [6.07, 6.45) is 2.10. The van der Waals surface area contributed by atoms with Crippen LogP contribution in [0.4, 0.5) is 0 Å². The Morgan fingerprint density at radius 1 is 1.43 bits per heavy atom. The third-order valence-electron chi connectivity index (χ3n) is 2.75. The molecule has 1 heterocycles. The Morgan fingerprint density at radius 2 is 2.36 bits per heavy atom. The highest BCUT2D eigenvalue weighted by atomic mass is 32.2. The van der Waals surface area contributed by atoms with Gasteiger partial charge in [-0.3, -0.25) is 0 Å². The van der Waals surface area contributed by atoms with Gasteiger partial charge in [0.25, 0.3) is 0 Å². The van der Waals surface area contributed by atoms with E-state index in [1.54, 1.807) is 0 Å². The molecule has 14 heavy (non-hydrogen) atoms. The second-order valence-corrected chi connectivity index (χ2v) is 4.93. The number of aliphatic hydroxyl groups excluding tert-OH is 1. The molecule has 1 nitrogen and oxygen atoms in total. The molecule has 2 rings (SSSR count). The molecule has 1 unspecified atom stereocenters. The highest BCUT2D eigenvalue weighted by Crippen LogP contribution is 2.32. The van der Waals surface area contributed by atoms with Crippen LogP contribution in [-0.2, 0) is 6.42 Å². The molecule has 1 N–H and O–H groups in total. The highest BCUT2D eigenvalue weighted by Gasteiger charge is 2.17. The van der Waals surface area contributed by atoms with Gasteiger partial charge >= 0.3 is 0 Å². The average Bonchev–Trinajstić information content (AvgIpc) is 2.71. The topological polar surface area (TPSA) is 20.2 Å². The molecule has 1 aliphatic rings. The first-order chi connectivity index (χ1) is 6.90. The maximum Gasteiger partial charge on any atom is 0.0471 e. The van der Waals surface area contributed by atoms with Crippen molar-refractivity contribution in [3.8, 4) is 0 Å². The molecule has 0 bridgehead atoms. The van der Waals surface area contributed by atoms with Crippen molar-refractivity contribution in [3.05, 3.63) is 35.4 Å². The summed E-state index contributed by atoms with van der Waals surface area (Å²) < 4.78 is 0. The van der Waals surface area contributed by atoms with Crippen LogP contribution in [0.25, 0.3) is 0 Å². The van der Waals surface area contributed by atoms with E-state index in [1.165, 1.54) is 29.1 Å². The van der Waals surface area contributed by atoms with E-state index in [1.807, 2.05) is 11.8 Å². The normalized spacial score (nSPS) is 21.4. The van der Waals surface area contributed by atoms with E-state index in [9.17, 15) is 0 Å². The number of hydrogen-bond acceptors (Lipinski definition) is 2. The minimum Gasteiger partial charge on any atom is -0.396 e. The number of benzene rings is 1. The van der Waals surface area contributed by atoms with Crippen LogP contribution in [0.1, 0.15) is 23.5 Å². The van der Waals surface area contributed by atoms with Crippen molar-refractivity contribution < 1.29 is 5.11 Å². The first-order valence-electron chi connectivity index (χ1n) is 5.17. The summed E-state index contributed by atoms with van der Waals surface area (Å²) in [5.41, 5.74) is 2.72. The van der Waals surface area contributed by atoms with Crippen LogP contribution >= 0.6 is 11.8 Å². The number of aliphatic hydroxyl groups is 1. The lowest BCUT2D eigenvalue weighted by atomic mass is 9.96. The molecule has 76 valence electrons. The molecule has 1 aliphatic heterocycles. The third-order valence-corrected chi connectivity index (χ3v) is 3.92. The maximum absolute atomic E-state index is 8.87. The Bertz CT molecular complexity index is 292. The highest BCUT2D eigenvalue weighted by molar-refractivity contribution is 7.99. The van der Waals surface area contributed by atoms with E-state index in [4.69, 9.17) is 5.11 Å². The van der Waals surface area contributed by atoms with Crippen molar-refractivity contribution in [2.45, 2.75) is 18.8 Å². The van der Waals surface area contributed by atoms with Crippen LogP contribution in [-0.4, -0.2) is 23.2 Å². The van der Waals surface area contributed by atoms with Crippen LogP contribution in [0.2, 0.25) is 0 Å². The number of hydrogen-bond donors (Lipinski definition) is 1. The van der Waals surface area contributed by atoms with Crippen LogP contribution in [0, 0.1) is 0 Å². The van der Waals surface area contributed by atoms with E-state index in [2.05, 4.69) is 24.3 Å². The van der Waals surface area contributed by atoms with E-state index in [-0.39, 0.29) is 6.61 Å². The van der Waals surface area contributed by atoms with Gasteiger partial charge in [-0.15, -0.1) is 0 Å². The largest absolute Gasteiger partial charge is 0.396 e. The summed E-state index contributed by atoms with van der Waals surface area (Å²) in [5.74, 6) is 3.32. The zero-order valence-corrected chi connectivity index (χ0v) is 9.09. The predicted octanol–water partition coefficient (Wildman–Crippen LogP) is 2.44. The van der Waals surface area contributed by atoms with E-state index in [0.29, 0.717) is 0 Å². The van der Waals surface area contributed by atoms with Crippen molar-refractivity contribution in [1.82, 2.24) is 0 Å². The van der Waals surface area contributed by atoms with Crippen molar-refractivity contribution >= 4 is 11.8 Å². The summed E-state index contributed by atoms with van der Waals surface area (Å²) in [6.45, 7) is 0.253. The van der Waals surface area contributed by atoms with Crippen LogP contribution in [0.3, 0.4) is 0 Å². The Balaban J connectivity index is 2.12. The van der Waals surface area contributed by atoms with Gasteiger partial charge in [0, 0.05) is 12.4 Å². The lowest BCUT2D eigenvalue weighted by Gasteiger charge is -2.09. The fourth-order valence-electron chi connectivity index (χ4n) is 1.93. The predicted molar refractivity (Wildman–Crippen MR) is 61.9 cm³/mol. The van der Waals surface area contributed by atoms with Gasteiger partial charge in [-0.05, 0) is 35.6 Å². The van der Waals surface area contributed by atoms with Crippen LogP contribution in [0.15, 0.2) is 24.3 Å². The van der Waals surface area contributed by atoms with Gasteiger partial charge in [-0.25, -0.2) is 0 Å². The summed E-state index contributed by atoms with van der Waals surface area (Å²) in [5, 5.41) is 8.87. The molecule has 1 atom stereocenters. The molecule has 1 aromatic rings.